The lowest BCUT2D eigenvalue weighted by Crippen LogP contribution is -2.46. The molecule has 0 amide bonds. The van der Waals surface area contributed by atoms with E-state index in [1.54, 1.807) is 0 Å². The molecule has 1 heterocycles. The molecule has 0 radical (unpaired) electrons. The number of carboxylic acid groups (broad SMARTS) is 1. The summed E-state index contributed by atoms with van der Waals surface area (Å²) in [6.07, 6.45) is 2.32. The smallest absolute Gasteiger partial charge is 0.303 e. The van der Waals surface area contributed by atoms with E-state index in [-0.39, 0.29) is 30.9 Å². The molecule has 2 fully saturated rings. The highest BCUT2D eigenvalue weighted by atomic mass is 32.2. The Labute approximate surface area is 118 Å². The van der Waals surface area contributed by atoms with E-state index in [1.165, 1.54) is 0 Å². The fourth-order valence-electron chi connectivity index (χ4n) is 2.79. The normalized spacial score (nSPS) is 27.9. The fraction of sp³-hybridized carbons (Fsp3) is 0.909. The lowest BCUT2D eigenvalue weighted by Gasteiger charge is -2.41. The zero-order chi connectivity index (χ0) is 15.0. The fourth-order valence-corrected chi connectivity index (χ4v) is 6.99. The molecule has 1 atom stereocenters. The van der Waals surface area contributed by atoms with Crippen LogP contribution in [0.2, 0.25) is 0 Å². The lowest BCUT2D eigenvalue weighted by atomic mass is 9.67. The van der Waals surface area contributed by atoms with Crippen molar-refractivity contribution >= 4 is 25.8 Å². The van der Waals surface area contributed by atoms with Gasteiger partial charge in [0.1, 0.15) is 0 Å². The molecule has 20 heavy (non-hydrogen) atoms. The van der Waals surface area contributed by atoms with Crippen LogP contribution in [-0.2, 0) is 24.7 Å². The van der Waals surface area contributed by atoms with E-state index in [0.29, 0.717) is 12.8 Å². The Morgan fingerprint density at radius 2 is 2.00 bits per heavy atom. The largest absolute Gasteiger partial charge is 0.481 e. The lowest BCUT2D eigenvalue weighted by molar-refractivity contribution is -0.141. The van der Waals surface area contributed by atoms with Gasteiger partial charge in [-0.3, -0.25) is 4.79 Å². The summed E-state index contributed by atoms with van der Waals surface area (Å²) < 4.78 is 49.2. The highest BCUT2D eigenvalue weighted by molar-refractivity contribution is 7.95. The second-order valence-electron chi connectivity index (χ2n) is 5.82. The zero-order valence-electron chi connectivity index (χ0n) is 11.0. The first kappa shape index (κ1) is 15.7. The van der Waals surface area contributed by atoms with Crippen LogP contribution in [0.25, 0.3) is 0 Å². The van der Waals surface area contributed by atoms with Crippen LogP contribution in [0.15, 0.2) is 0 Å². The first-order valence-electron chi connectivity index (χ1n) is 6.55. The quantitative estimate of drug-likeness (QED) is 0.694. The maximum Gasteiger partial charge on any atom is 0.303 e. The van der Waals surface area contributed by atoms with E-state index in [9.17, 15) is 21.6 Å². The minimum Gasteiger partial charge on any atom is -0.481 e. The summed E-state index contributed by atoms with van der Waals surface area (Å²) in [7, 11) is -6.95. The molecule has 9 heteroatoms. The SMILES string of the molecule is O=C(O)CC1(CNS(=O)(=O)C2CCS(=O)(=O)C2)CCC1. The van der Waals surface area contributed by atoms with E-state index in [0.717, 1.165) is 6.42 Å². The van der Waals surface area contributed by atoms with Gasteiger partial charge in [-0.25, -0.2) is 21.6 Å². The Morgan fingerprint density at radius 1 is 1.35 bits per heavy atom. The molecule has 7 nitrogen and oxygen atoms in total. The maximum atomic E-state index is 12.1. The summed E-state index contributed by atoms with van der Waals surface area (Å²) >= 11 is 0. The molecule has 1 aliphatic carbocycles. The first-order valence-corrected chi connectivity index (χ1v) is 9.92. The standard InChI is InChI=1S/C11H19NO6S2/c13-10(14)6-11(3-1-4-11)8-12-20(17,18)9-2-5-19(15,16)7-9/h9,12H,1-8H2,(H,13,14). The highest BCUT2D eigenvalue weighted by Crippen LogP contribution is 2.43. The molecule has 0 aromatic rings. The average molecular weight is 325 g/mol. The second-order valence-corrected chi connectivity index (χ2v) is 10.1. The molecule has 1 unspecified atom stereocenters. The average Bonchev–Trinajstić information content (AvgIpc) is 2.63. The molecular formula is C11H19NO6S2. The topological polar surface area (TPSA) is 118 Å². The van der Waals surface area contributed by atoms with Crippen LogP contribution in [0.4, 0.5) is 0 Å². The van der Waals surface area contributed by atoms with Crippen LogP contribution in [0.1, 0.15) is 32.1 Å². The van der Waals surface area contributed by atoms with Crippen molar-refractivity contribution in [3.63, 3.8) is 0 Å². The summed E-state index contributed by atoms with van der Waals surface area (Å²) in [5.41, 5.74) is -0.504. The molecule has 116 valence electrons. The number of sulfonamides is 1. The number of nitrogens with one attached hydrogen (secondary N) is 1. The summed E-state index contributed by atoms with van der Waals surface area (Å²) in [4.78, 5) is 10.8. The first-order chi connectivity index (χ1) is 9.14. The summed E-state index contributed by atoms with van der Waals surface area (Å²) in [6.45, 7) is 0.0815. The number of aliphatic carboxylic acids is 1. The molecular weight excluding hydrogens is 306 g/mol. The molecule has 1 saturated carbocycles. The van der Waals surface area contributed by atoms with Crippen molar-refractivity contribution in [1.82, 2.24) is 4.72 Å². The molecule has 2 rings (SSSR count). The number of hydrogen-bond acceptors (Lipinski definition) is 5. The summed E-state index contributed by atoms with van der Waals surface area (Å²) in [6, 6.07) is 0. The Hall–Kier alpha value is -0.670. The van der Waals surface area contributed by atoms with Gasteiger partial charge in [-0.15, -0.1) is 0 Å². The van der Waals surface area contributed by atoms with Crippen LogP contribution >= 0.6 is 0 Å². The third-order valence-corrected chi connectivity index (χ3v) is 8.02. The summed E-state index contributed by atoms with van der Waals surface area (Å²) in [5.74, 6) is -1.38. The van der Waals surface area contributed by atoms with Gasteiger partial charge >= 0.3 is 5.97 Å². The van der Waals surface area contributed by atoms with Crippen LogP contribution < -0.4 is 4.72 Å². The van der Waals surface area contributed by atoms with Gasteiger partial charge in [0.05, 0.1) is 23.2 Å². The van der Waals surface area contributed by atoms with Crippen LogP contribution in [0.5, 0.6) is 0 Å². The highest BCUT2D eigenvalue weighted by Gasteiger charge is 2.42. The molecule has 2 N–H and O–H groups in total. The second kappa shape index (κ2) is 5.27. The van der Waals surface area contributed by atoms with E-state index in [2.05, 4.69) is 4.72 Å². The third-order valence-electron chi connectivity index (χ3n) is 4.22. The van der Waals surface area contributed by atoms with Gasteiger partial charge in [0.2, 0.25) is 10.0 Å². The monoisotopic (exact) mass is 325 g/mol. The number of sulfone groups is 1. The van der Waals surface area contributed by atoms with Crippen molar-refractivity contribution in [2.24, 2.45) is 5.41 Å². The van der Waals surface area contributed by atoms with Crippen molar-refractivity contribution in [2.45, 2.75) is 37.4 Å². The van der Waals surface area contributed by atoms with Gasteiger partial charge in [0.25, 0.3) is 0 Å². The van der Waals surface area contributed by atoms with Crippen molar-refractivity contribution in [1.29, 1.82) is 0 Å². The number of carbonyl (C=O) groups is 1. The van der Waals surface area contributed by atoms with Gasteiger partial charge in [0.15, 0.2) is 9.84 Å². The number of carboxylic acids is 1. The van der Waals surface area contributed by atoms with E-state index < -0.39 is 36.5 Å². The number of hydrogen-bond donors (Lipinski definition) is 2. The third kappa shape index (κ3) is 3.50. The van der Waals surface area contributed by atoms with Crippen molar-refractivity contribution < 1.29 is 26.7 Å². The van der Waals surface area contributed by atoms with Gasteiger partial charge in [0, 0.05) is 6.54 Å². The van der Waals surface area contributed by atoms with E-state index in [4.69, 9.17) is 5.11 Å². The van der Waals surface area contributed by atoms with E-state index in [1.807, 2.05) is 0 Å². The van der Waals surface area contributed by atoms with Crippen molar-refractivity contribution in [3.05, 3.63) is 0 Å². The summed E-state index contributed by atoms with van der Waals surface area (Å²) in [5, 5.41) is 7.96. The van der Waals surface area contributed by atoms with Crippen LogP contribution in [0.3, 0.4) is 0 Å². The van der Waals surface area contributed by atoms with Crippen LogP contribution in [-0.4, -0.2) is 51.2 Å². The predicted octanol–water partition coefficient (Wildman–Crippen LogP) is -0.262. The Bertz CT molecular complexity index is 590. The Balaban J connectivity index is 1.97. The Kier molecular flexibility index (Phi) is 4.14. The molecule has 2 aliphatic rings. The van der Waals surface area contributed by atoms with Crippen molar-refractivity contribution in [2.75, 3.05) is 18.1 Å². The Morgan fingerprint density at radius 3 is 2.40 bits per heavy atom. The molecule has 0 bridgehead atoms. The van der Waals surface area contributed by atoms with Gasteiger partial charge in [-0.1, -0.05) is 6.42 Å². The molecule has 0 spiro atoms. The predicted molar refractivity (Wildman–Crippen MR) is 72.5 cm³/mol. The molecule has 1 saturated heterocycles. The molecule has 0 aromatic carbocycles. The minimum atomic E-state index is -3.70. The van der Waals surface area contributed by atoms with Gasteiger partial charge in [-0.2, -0.15) is 0 Å². The van der Waals surface area contributed by atoms with Gasteiger partial charge in [-0.05, 0) is 24.7 Å². The van der Waals surface area contributed by atoms with Crippen LogP contribution in [0, 0.1) is 5.41 Å². The molecule has 0 aromatic heterocycles. The maximum absolute atomic E-state index is 12.1. The number of rotatable bonds is 6. The van der Waals surface area contributed by atoms with E-state index >= 15 is 0 Å². The zero-order valence-corrected chi connectivity index (χ0v) is 12.7. The van der Waals surface area contributed by atoms with Crippen molar-refractivity contribution in [3.8, 4) is 0 Å². The minimum absolute atomic E-state index is 0.0571. The molecule has 1 aliphatic heterocycles. The van der Waals surface area contributed by atoms with Gasteiger partial charge < -0.3 is 5.11 Å².